The fourth-order valence-corrected chi connectivity index (χ4v) is 3.36. The van der Waals surface area contributed by atoms with E-state index < -0.39 is 0 Å². The second-order valence-corrected chi connectivity index (χ2v) is 6.22. The Balaban J connectivity index is 1.71. The molecule has 0 aromatic heterocycles. The van der Waals surface area contributed by atoms with Crippen molar-refractivity contribution in [1.29, 1.82) is 0 Å². The molecule has 0 spiro atoms. The zero-order valence-corrected chi connectivity index (χ0v) is 12.5. The van der Waals surface area contributed by atoms with Gasteiger partial charge in [0.15, 0.2) is 0 Å². The summed E-state index contributed by atoms with van der Waals surface area (Å²) in [5, 5.41) is 6.23. The zero-order valence-electron chi connectivity index (χ0n) is 10.9. The molecule has 1 unspecified atom stereocenters. The maximum atomic E-state index is 3.62. The summed E-state index contributed by atoms with van der Waals surface area (Å²) in [6.07, 6.45) is 1.05. The third-order valence-corrected chi connectivity index (χ3v) is 4.49. The largest absolute Gasteiger partial charge is 0.378 e. The molecule has 4 rings (SSSR count). The standard InChI is InChI=1S/C18H14BrN/c19-16-7-8-17-15(10-16)11-18(20-17)14-6-5-12-3-1-2-4-13(12)9-14/h1-10,18,20H,11H2. The highest BCUT2D eigenvalue weighted by atomic mass is 79.9. The van der Waals surface area contributed by atoms with E-state index >= 15 is 0 Å². The Hall–Kier alpha value is -1.80. The van der Waals surface area contributed by atoms with Gasteiger partial charge in [-0.1, -0.05) is 52.3 Å². The summed E-state index contributed by atoms with van der Waals surface area (Å²) in [6, 6.07) is 22.1. The van der Waals surface area contributed by atoms with E-state index in [1.54, 1.807) is 0 Å². The Bertz CT molecular complexity index is 794. The minimum Gasteiger partial charge on any atom is -0.378 e. The number of rotatable bonds is 1. The second-order valence-electron chi connectivity index (χ2n) is 5.31. The average Bonchev–Trinajstić information content (AvgIpc) is 2.89. The van der Waals surface area contributed by atoms with Crippen LogP contribution in [0.4, 0.5) is 5.69 Å². The quantitative estimate of drug-likeness (QED) is 0.639. The van der Waals surface area contributed by atoms with Crippen molar-refractivity contribution < 1.29 is 0 Å². The number of nitrogens with one attached hydrogen (secondary N) is 1. The lowest BCUT2D eigenvalue weighted by molar-refractivity contribution is 0.826. The van der Waals surface area contributed by atoms with Gasteiger partial charge in [-0.05, 0) is 52.6 Å². The Morgan fingerprint density at radius 1 is 0.900 bits per heavy atom. The van der Waals surface area contributed by atoms with Crippen LogP contribution in [0.3, 0.4) is 0 Å². The van der Waals surface area contributed by atoms with Crippen LogP contribution in [0.2, 0.25) is 0 Å². The molecule has 1 nitrogen and oxygen atoms in total. The molecule has 2 heteroatoms. The topological polar surface area (TPSA) is 12.0 Å². The van der Waals surface area contributed by atoms with Gasteiger partial charge in [0.25, 0.3) is 0 Å². The predicted molar refractivity (Wildman–Crippen MR) is 88.2 cm³/mol. The van der Waals surface area contributed by atoms with Crippen LogP contribution in [-0.4, -0.2) is 0 Å². The molecule has 0 fully saturated rings. The Morgan fingerprint density at radius 2 is 1.75 bits per heavy atom. The van der Waals surface area contributed by atoms with Crippen LogP contribution < -0.4 is 5.32 Å². The summed E-state index contributed by atoms with van der Waals surface area (Å²) >= 11 is 3.55. The van der Waals surface area contributed by atoms with Crippen molar-refractivity contribution in [3.63, 3.8) is 0 Å². The van der Waals surface area contributed by atoms with Crippen molar-refractivity contribution in [1.82, 2.24) is 0 Å². The van der Waals surface area contributed by atoms with Crippen molar-refractivity contribution in [2.24, 2.45) is 0 Å². The molecular weight excluding hydrogens is 310 g/mol. The second kappa shape index (κ2) is 4.64. The first-order chi connectivity index (χ1) is 9.79. The van der Waals surface area contributed by atoms with Crippen LogP contribution >= 0.6 is 15.9 Å². The highest BCUT2D eigenvalue weighted by molar-refractivity contribution is 9.10. The number of hydrogen-bond acceptors (Lipinski definition) is 1. The normalized spacial score (nSPS) is 16.9. The molecule has 1 atom stereocenters. The third-order valence-electron chi connectivity index (χ3n) is 4.00. The molecule has 0 bridgehead atoms. The van der Waals surface area contributed by atoms with Crippen molar-refractivity contribution in [2.45, 2.75) is 12.5 Å². The summed E-state index contributed by atoms with van der Waals surface area (Å²) in [5.74, 6) is 0. The molecule has 1 aliphatic rings. The Labute approximate surface area is 126 Å². The van der Waals surface area contributed by atoms with E-state index in [0.29, 0.717) is 6.04 Å². The van der Waals surface area contributed by atoms with Gasteiger partial charge in [0.05, 0.1) is 6.04 Å². The monoisotopic (exact) mass is 323 g/mol. The summed E-state index contributed by atoms with van der Waals surface area (Å²) in [4.78, 5) is 0. The number of benzene rings is 3. The van der Waals surface area contributed by atoms with Gasteiger partial charge in [0.2, 0.25) is 0 Å². The third kappa shape index (κ3) is 2.01. The van der Waals surface area contributed by atoms with Gasteiger partial charge in [-0.3, -0.25) is 0 Å². The summed E-state index contributed by atoms with van der Waals surface area (Å²) in [7, 11) is 0. The fraction of sp³-hybridized carbons (Fsp3) is 0.111. The molecule has 1 heterocycles. The minimum absolute atomic E-state index is 0.379. The maximum absolute atomic E-state index is 3.62. The van der Waals surface area contributed by atoms with Gasteiger partial charge in [-0.15, -0.1) is 0 Å². The molecule has 3 aromatic carbocycles. The molecule has 0 saturated carbocycles. The summed E-state index contributed by atoms with van der Waals surface area (Å²) in [5.41, 5.74) is 4.00. The van der Waals surface area contributed by atoms with Gasteiger partial charge in [0, 0.05) is 10.2 Å². The fourth-order valence-electron chi connectivity index (χ4n) is 2.96. The molecule has 0 radical (unpaired) electrons. The van der Waals surface area contributed by atoms with Gasteiger partial charge in [-0.25, -0.2) is 0 Å². The number of hydrogen-bond donors (Lipinski definition) is 1. The molecule has 98 valence electrons. The smallest absolute Gasteiger partial charge is 0.0555 e. The van der Waals surface area contributed by atoms with Crippen LogP contribution in [0.25, 0.3) is 10.8 Å². The van der Waals surface area contributed by atoms with Crippen LogP contribution in [0, 0.1) is 0 Å². The van der Waals surface area contributed by atoms with E-state index in [0.717, 1.165) is 10.9 Å². The van der Waals surface area contributed by atoms with Crippen molar-refractivity contribution in [3.8, 4) is 0 Å². The van der Waals surface area contributed by atoms with E-state index in [1.807, 2.05) is 0 Å². The first kappa shape index (κ1) is 12.0. The number of halogens is 1. The van der Waals surface area contributed by atoms with Gasteiger partial charge >= 0.3 is 0 Å². The molecule has 1 aliphatic heterocycles. The van der Waals surface area contributed by atoms with Crippen molar-refractivity contribution >= 4 is 32.4 Å². The lowest BCUT2D eigenvalue weighted by Gasteiger charge is -2.12. The van der Waals surface area contributed by atoms with E-state index in [2.05, 4.69) is 81.9 Å². The number of anilines is 1. The average molecular weight is 324 g/mol. The van der Waals surface area contributed by atoms with E-state index in [1.165, 1.54) is 27.6 Å². The summed E-state index contributed by atoms with van der Waals surface area (Å²) in [6.45, 7) is 0. The van der Waals surface area contributed by atoms with Gasteiger partial charge in [-0.2, -0.15) is 0 Å². The molecule has 1 N–H and O–H groups in total. The summed E-state index contributed by atoms with van der Waals surface area (Å²) < 4.78 is 1.15. The van der Waals surface area contributed by atoms with E-state index in [4.69, 9.17) is 0 Å². The van der Waals surface area contributed by atoms with Gasteiger partial charge < -0.3 is 5.32 Å². The molecule has 20 heavy (non-hydrogen) atoms. The first-order valence-electron chi connectivity index (χ1n) is 6.83. The molecule has 3 aromatic rings. The van der Waals surface area contributed by atoms with Crippen molar-refractivity contribution in [3.05, 3.63) is 76.3 Å². The van der Waals surface area contributed by atoms with Crippen LogP contribution in [0.5, 0.6) is 0 Å². The molecular formula is C18H14BrN. The lowest BCUT2D eigenvalue weighted by atomic mass is 9.99. The number of fused-ring (bicyclic) bond motifs is 2. The maximum Gasteiger partial charge on any atom is 0.0555 e. The zero-order chi connectivity index (χ0) is 13.5. The van der Waals surface area contributed by atoms with Crippen LogP contribution in [0.1, 0.15) is 17.2 Å². The highest BCUT2D eigenvalue weighted by Crippen LogP contribution is 2.36. The molecule has 0 amide bonds. The van der Waals surface area contributed by atoms with Crippen molar-refractivity contribution in [2.75, 3.05) is 5.32 Å². The molecule has 0 aliphatic carbocycles. The Morgan fingerprint density at radius 3 is 2.65 bits per heavy atom. The van der Waals surface area contributed by atoms with E-state index in [9.17, 15) is 0 Å². The molecule has 0 saturated heterocycles. The van der Waals surface area contributed by atoms with Gasteiger partial charge in [0.1, 0.15) is 0 Å². The predicted octanol–water partition coefficient (Wildman–Crippen LogP) is 5.31. The lowest BCUT2D eigenvalue weighted by Crippen LogP contribution is -2.05. The van der Waals surface area contributed by atoms with E-state index in [-0.39, 0.29) is 0 Å². The van der Waals surface area contributed by atoms with Crippen LogP contribution in [-0.2, 0) is 6.42 Å². The SMILES string of the molecule is Brc1ccc2c(c1)CC(c1ccc3ccccc3c1)N2. The highest BCUT2D eigenvalue weighted by Gasteiger charge is 2.22. The first-order valence-corrected chi connectivity index (χ1v) is 7.62. The van der Waals surface area contributed by atoms with Crippen LogP contribution in [0.15, 0.2) is 65.1 Å². The Kier molecular flexibility index (Phi) is 2.78. The minimum atomic E-state index is 0.379.